The summed E-state index contributed by atoms with van der Waals surface area (Å²) in [5, 5.41) is 5.43. The molecule has 0 radical (unpaired) electrons. The van der Waals surface area contributed by atoms with E-state index in [1.165, 1.54) is 12.1 Å². The van der Waals surface area contributed by atoms with Crippen molar-refractivity contribution in [1.29, 1.82) is 0 Å². The fourth-order valence-electron chi connectivity index (χ4n) is 3.05. The maximum absolute atomic E-state index is 12.8. The standard InChI is InChI=1S/C21H22F3N3O3/c22-21(23,24)16-3-1-2-15(12-16)13-19(28)25-17-4-6-18(7-5-17)26-20(29)14-27-8-10-30-11-9-27/h1-7,12H,8-11,13-14H2,(H,25,28)(H,26,29). The van der Waals surface area contributed by atoms with E-state index in [0.29, 0.717) is 37.7 Å². The summed E-state index contributed by atoms with van der Waals surface area (Å²) in [6, 6.07) is 11.2. The van der Waals surface area contributed by atoms with E-state index >= 15 is 0 Å². The Hall–Kier alpha value is -2.91. The second kappa shape index (κ2) is 9.73. The number of carbonyl (C=O) groups is 2. The third kappa shape index (κ3) is 6.57. The number of alkyl halides is 3. The van der Waals surface area contributed by atoms with E-state index in [-0.39, 0.29) is 24.4 Å². The number of benzene rings is 2. The molecule has 160 valence electrons. The van der Waals surface area contributed by atoms with E-state index in [1.54, 1.807) is 24.3 Å². The van der Waals surface area contributed by atoms with Gasteiger partial charge in [-0.15, -0.1) is 0 Å². The summed E-state index contributed by atoms with van der Waals surface area (Å²) in [7, 11) is 0. The number of nitrogens with one attached hydrogen (secondary N) is 2. The average Bonchev–Trinajstić information content (AvgIpc) is 2.70. The molecule has 2 aromatic carbocycles. The maximum atomic E-state index is 12.8. The number of hydrogen-bond acceptors (Lipinski definition) is 4. The fraction of sp³-hybridized carbons (Fsp3) is 0.333. The number of rotatable bonds is 6. The summed E-state index contributed by atoms with van der Waals surface area (Å²) in [4.78, 5) is 26.3. The maximum Gasteiger partial charge on any atom is 0.416 e. The topological polar surface area (TPSA) is 70.7 Å². The van der Waals surface area contributed by atoms with Gasteiger partial charge in [0.1, 0.15) is 0 Å². The van der Waals surface area contributed by atoms with Crippen molar-refractivity contribution in [2.45, 2.75) is 12.6 Å². The smallest absolute Gasteiger partial charge is 0.379 e. The Morgan fingerprint density at radius 2 is 1.53 bits per heavy atom. The molecular weight excluding hydrogens is 399 g/mol. The molecule has 1 saturated heterocycles. The van der Waals surface area contributed by atoms with Crippen LogP contribution in [0.1, 0.15) is 11.1 Å². The van der Waals surface area contributed by atoms with Crippen LogP contribution >= 0.6 is 0 Å². The van der Waals surface area contributed by atoms with Crippen LogP contribution in [0.25, 0.3) is 0 Å². The number of ether oxygens (including phenoxy) is 1. The first-order chi connectivity index (χ1) is 14.3. The van der Waals surface area contributed by atoms with Gasteiger partial charge in [0.2, 0.25) is 11.8 Å². The number of carbonyl (C=O) groups excluding carboxylic acids is 2. The lowest BCUT2D eigenvalue weighted by atomic mass is 10.1. The molecule has 0 aromatic heterocycles. The first-order valence-electron chi connectivity index (χ1n) is 9.45. The lowest BCUT2D eigenvalue weighted by Crippen LogP contribution is -2.41. The van der Waals surface area contributed by atoms with Crippen molar-refractivity contribution in [2.24, 2.45) is 0 Å². The van der Waals surface area contributed by atoms with Gasteiger partial charge in [-0.1, -0.05) is 18.2 Å². The van der Waals surface area contributed by atoms with Gasteiger partial charge in [0.25, 0.3) is 0 Å². The minimum atomic E-state index is -4.45. The van der Waals surface area contributed by atoms with Crippen LogP contribution in [0.5, 0.6) is 0 Å². The normalized spacial score (nSPS) is 14.9. The lowest BCUT2D eigenvalue weighted by Gasteiger charge is -2.25. The second-order valence-corrected chi connectivity index (χ2v) is 6.94. The quantitative estimate of drug-likeness (QED) is 0.752. The van der Waals surface area contributed by atoms with Crippen molar-refractivity contribution in [3.63, 3.8) is 0 Å². The number of nitrogens with zero attached hydrogens (tertiary/aromatic N) is 1. The van der Waals surface area contributed by atoms with Crippen LogP contribution in [-0.2, 0) is 26.9 Å². The van der Waals surface area contributed by atoms with Crippen LogP contribution in [0.4, 0.5) is 24.5 Å². The third-order valence-corrected chi connectivity index (χ3v) is 4.54. The zero-order valence-corrected chi connectivity index (χ0v) is 16.2. The first kappa shape index (κ1) is 21.8. The molecule has 1 aliphatic heterocycles. The Kier molecular flexibility index (Phi) is 7.07. The molecule has 2 aromatic rings. The van der Waals surface area contributed by atoms with Gasteiger partial charge in [0.05, 0.1) is 31.7 Å². The summed E-state index contributed by atoms with van der Waals surface area (Å²) in [5.74, 6) is -0.573. The van der Waals surface area contributed by atoms with E-state index in [0.717, 1.165) is 12.1 Å². The molecule has 0 unspecified atom stereocenters. The zero-order valence-electron chi connectivity index (χ0n) is 16.2. The molecule has 1 fully saturated rings. The van der Waals surface area contributed by atoms with Gasteiger partial charge in [0.15, 0.2) is 0 Å². The third-order valence-electron chi connectivity index (χ3n) is 4.54. The lowest BCUT2D eigenvalue weighted by molar-refractivity contribution is -0.137. The summed E-state index contributed by atoms with van der Waals surface area (Å²) in [5.41, 5.74) is 0.557. The fourth-order valence-corrected chi connectivity index (χ4v) is 3.05. The Morgan fingerprint density at radius 1 is 0.933 bits per heavy atom. The van der Waals surface area contributed by atoms with Gasteiger partial charge in [-0.3, -0.25) is 14.5 Å². The molecule has 2 amide bonds. The Labute approximate surface area is 172 Å². The molecule has 3 rings (SSSR count). The Bertz CT molecular complexity index is 879. The molecule has 6 nitrogen and oxygen atoms in total. The van der Waals surface area contributed by atoms with Crippen LogP contribution in [0.3, 0.4) is 0 Å². The predicted molar refractivity (Wildman–Crippen MR) is 106 cm³/mol. The van der Waals surface area contributed by atoms with E-state index < -0.39 is 17.6 Å². The van der Waals surface area contributed by atoms with E-state index in [2.05, 4.69) is 10.6 Å². The van der Waals surface area contributed by atoms with Crippen LogP contribution in [-0.4, -0.2) is 49.6 Å². The first-order valence-corrected chi connectivity index (χ1v) is 9.45. The molecule has 0 bridgehead atoms. The van der Waals surface area contributed by atoms with Gasteiger partial charge in [0, 0.05) is 24.5 Å². The number of hydrogen-bond donors (Lipinski definition) is 2. The minimum Gasteiger partial charge on any atom is -0.379 e. The minimum absolute atomic E-state index is 0.141. The Morgan fingerprint density at radius 3 is 2.13 bits per heavy atom. The second-order valence-electron chi connectivity index (χ2n) is 6.94. The number of anilines is 2. The van der Waals surface area contributed by atoms with Gasteiger partial charge in [-0.05, 0) is 35.9 Å². The van der Waals surface area contributed by atoms with Crippen molar-refractivity contribution in [3.8, 4) is 0 Å². The summed E-state index contributed by atoms with van der Waals surface area (Å²) < 4.78 is 43.6. The number of halogens is 3. The summed E-state index contributed by atoms with van der Waals surface area (Å²) in [6.07, 6.45) is -4.63. The predicted octanol–water partition coefficient (Wildman–Crippen LogP) is 3.16. The van der Waals surface area contributed by atoms with E-state index in [4.69, 9.17) is 4.74 Å². The highest BCUT2D eigenvalue weighted by Crippen LogP contribution is 2.29. The Balaban J connectivity index is 1.50. The highest BCUT2D eigenvalue weighted by Gasteiger charge is 2.30. The molecule has 0 atom stereocenters. The molecule has 0 saturated carbocycles. The van der Waals surface area contributed by atoms with Crippen LogP contribution in [0.2, 0.25) is 0 Å². The monoisotopic (exact) mass is 421 g/mol. The zero-order chi connectivity index (χ0) is 21.6. The van der Waals surface area contributed by atoms with E-state index in [9.17, 15) is 22.8 Å². The van der Waals surface area contributed by atoms with Gasteiger partial charge in [-0.25, -0.2) is 0 Å². The van der Waals surface area contributed by atoms with Crippen molar-refractivity contribution in [1.82, 2.24) is 4.90 Å². The molecule has 9 heteroatoms. The van der Waals surface area contributed by atoms with Crippen LogP contribution in [0, 0.1) is 0 Å². The SMILES string of the molecule is O=C(Cc1cccc(C(F)(F)F)c1)Nc1ccc(NC(=O)CN2CCOCC2)cc1. The molecular formula is C21H22F3N3O3. The summed E-state index contributed by atoms with van der Waals surface area (Å²) in [6.45, 7) is 2.93. The van der Waals surface area contributed by atoms with Crippen molar-refractivity contribution < 1.29 is 27.5 Å². The molecule has 1 aliphatic rings. The van der Waals surface area contributed by atoms with E-state index in [1.807, 2.05) is 4.90 Å². The van der Waals surface area contributed by atoms with Gasteiger partial charge >= 0.3 is 6.18 Å². The van der Waals surface area contributed by atoms with Gasteiger partial charge < -0.3 is 15.4 Å². The van der Waals surface area contributed by atoms with Crippen molar-refractivity contribution in [3.05, 3.63) is 59.7 Å². The van der Waals surface area contributed by atoms with Crippen molar-refractivity contribution in [2.75, 3.05) is 43.5 Å². The molecule has 0 aliphatic carbocycles. The number of morpholine rings is 1. The highest BCUT2D eigenvalue weighted by atomic mass is 19.4. The molecule has 0 spiro atoms. The van der Waals surface area contributed by atoms with Crippen LogP contribution in [0.15, 0.2) is 48.5 Å². The molecule has 30 heavy (non-hydrogen) atoms. The van der Waals surface area contributed by atoms with Gasteiger partial charge in [-0.2, -0.15) is 13.2 Å². The van der Waals surface area contributed by atoms with Crippen molar-refractivity contribution >= 4 is 23.2 Å². The highest BCUT2D eigenvalue weighted by molar-refractivity contribution is 5.94. The van der Waals surface area contributed by atoms with Crippen LogP contribution < -0.4 is 10.6 Å². The summed E-state index contributed by atoms with van der Waals surface area (Å²) >= 11 is 0. The molecule has 1 heterocycles. The average molecular weight is 421 g/mol. The molecule has 2 N–H and O–H groups in total. The largest absolute Gasteiger partial charge is 0.416 e. The number of amides is 2.